The first kappa shape index (κ1) is 21.9. The Hall–Kier alpha value is -2.77. The normalized spacial score (nSPS) is 17.9. The molecular formula is C22H31N3O5. The van der Waals surface area contributed by atoms with Gasteiger partial charge in [-0.3, -0.25) is 14.4 Å². The summed E-state index contributed by atoms with van der Waals surface area (Å²) in [4.78, 5) is 39.5. The highest BCUT2D eigenvalue weighted by molar-refractivity contribution is 5.84. The van der Waals surface area contributed by atoms with E-state index in [1.165, 1.54) is 6.92 Å². The van der Waals surface area contributed by atoms with Crippen molar-refractivity contribution in [3.05, 3.63) is 23.3 Å². The third-order valence-electron chi connectivity index (χ3n) is 5.50. The minimum absolute atomic E-state index is 0.0271. The first-order valence-corrected chi connectivity index (χ1v) is 10.6. The standard InChI is InChI=1S/C22H31N3O5/c1-4-29-19-12-17-11-15(2)30-20(17)13-18(19)14-23-21(27)5-6-22(28)25-9-7-24(8-10-25)16(3)26/h12-13,15H,4-11,14H2,1-3H3,(H,23,27)/t15-/m0/s1. The van der Waals surface area contributed by atoms with E-state index in [-0.39, 0.29) is 36.7 Å². The first-order chi connectivity index (χ1) is 14.4. The van der Waals surface area contributed by atoms with Crippen LogP contribution in [0.15, 0.2) is 12.1 Å². The molecule has 1 atom stereocenters. The third-order valence-corrected chi connectivity index (χ3v) is 5.50. The highest BCUT2D eigenvalue weighted by atomic mass is 16.5. The molecule has 30 heavy (non-hydrogen) atoms. The zero-order valence-corrected chi connectivity index (χ0v) is 18.0. The summed E-state index contributed by atoms with van der Waals surface area (Å²) in [5.74, 6) is 1.40. The van der Waals surface area contributed by atoms with Gasteiger partial charge in [-0.2, -0.15) is 0 Å². The van der Waals surface area contributed by atoms with E-state index in [9.17, 15) is 14.4 Å². The number of hydrogen-bond donors (Lipinski definition) is 1. The van der Waals surface area contributed by atoms with E-state index in [4.69, 9.17) is 9.47 Å². The number of hydrogen-bond acceptors (Lipinski definition) is 5. The first-order valence-electron chi connectivity index (χ1n) is 10.6. The van der Waals surface area contributed by atoms with Crippen molar-refractivity contribution >= 4 is 17.7 Å². The van der Waals surface area contributed by atoms with Gasteiger partial charge < -0.3 is 24.6 Å². The minimum atomic E-state index is -0.178. The van der Waals surface area contributed by atoms with Crippen LogP contribution in [-0.2, 0) is 27.3 Å². The molecule has 2 aliphatic rings. The molecule has 0 saturated carbocycles. The molecule has 0 radical (unpaired) electrons. The summed E-state index contributed by atoms with van der Waals surface area (Å²) in [6, 6.07) is 3.93. The van der Waals surface area contributed by atoms with Crippen LogP contribution in [-0.4, -0.2) is 66.4 Å². The number of fused-ring (bicyclic) bond motifs is 1. The van der Waals surface area contributed by atoms with Crippen LogP contribution < -0.4 is 14.8 Å². The van der Waals surface area contributed by atoms with Crippen molar-refractivity contribution in [2.45, 2.75) is 52.7 Å². The highest BCUT2D eigenvalue weighted by Crippen LogP contribution is 2.35. The number of amides is 3. The lowest BCUT2D eigenvalue weighted by Gasteiger charge is -2.34. The lowest BCUT2D eigenvalue weighted by molar-refractivity contribution is -0.139. The fourth-order valence-corrected chi connectivity index (χ4v) is 3.84. The van der Waals surface area contributed by atoms with E-state index in [1.807, 2.05) is 26.0 Å². The molecule has 3 amide bonds. The van der Waals surface area contributed by atoms with Crippen LogP contribution in [0.1, 0.15) is 44.7 Å². The van der Waals surface area contributed by atoms with Gasteiger partial charge in [0.2, 0.25) is 17.7 Å². The van der Waals surface area contributed by atoms with Gasteiger partial charge >= 0.3 is 0 Å². The number of rotatable bonds is 7. The van der Waals surface area contributed by atoms with E-state index in [0.29, 0.717) is 39.3 Å². The molecule has 0 bridgehead atoms. The van der Waals surface area contributed by atoms with Crippen LogP contribution in [0, 0.1) is 0 Å². The van der Waals surface area contributed by atoms with Gasteiger partial charge in [0.25, 0.3) is 0 Å². The molecule has 3 rings (SSSR count). The van der Waals surface area contributed by atoms with E-state index < -0.39 is 0 Å². The number of piperazine rings is 1. The van der Waals surface area contributed by atoms with E-state index >= 15 is 0 Å². The van der Waals surface area contributed by atoms with Crippen LogP contribution >= 0.6 is 0 Å². The maximum Gasteiger partial charge on any atom is 0.223 e. The Kier molecular flexibility index (Phi) is 7.18. The summed E-state index contributed by atoms with van der Waals surface area (Å²) in [5.41, 5.74) is 1.99. The number of ether oxygens (including phenoxy) is 2. The summed E-state index contributed by atoms with van der Waals surface area (Å²) in [6.45, 7) is 8.49. The summed E-state index contributed by atoms with van der Waals surface area (Å²) in [5, 5.41) is 2.88. The molecule has 2 aliphatic heterocycles. The second kappa shape index (κ2) is 9.82. The van der Waals surface area contributed by atoms with E-state index in [2.05, 4.69) is 5.32 Å². The molecule has 0 unspecified atom stereocenters. The molecule has 1 aromatic rings. The topological polar surface area (TPSA) is 88.2 Å². The van der Waals surface area contributed by atoms with Crippen LogP contribution in [0.5, 0.6) is 11.5 Å². The fourth-order valence-electron chi connectivity index (χ4n) is 3.84. The average molecular weight is 418 g/mol. The molecule has 2 heterocycles. The Morgan fingerprint density at radius 2 is 1.83 bits per heavy atom. The predicted molar refractivity (Wildman–Crippen MR) is 111 cm³/mol. The average Bonchev–Trinajstić information content (AvgIpc) is 3.09. The van der Waals surface area contributed by atoms with Crippen LogP contribution in [0.25, 0.3) is 0 Å². The number of benzene rings is 1. The number of nitrogens with one attached hydrogen (secondary N) is 1. The van der Waals surface area contributed by atoms with Crippen molar-refractivity contribution in [2.24, 2.45) is 0 Å². The quantitative estimate of drug-likeness (QED) is 0.726. The van der Waals surface area contributed by atoms with Crippen LogP contribution in [0.3, 0.4) is 0 Å². The maximum atomic E-state index is 12.4. The molecule has 1 N–H and O–H groups in total. The van der Waals surface area contributed by atoms with Gasteiger partial charge in [-0.1, -0.05) is 0 Å². The molecule has 164 valence electrons. The molecule has 0 spiro atoms. The van der Waals surface area contributed by atoms with Crippen LogP contribution in [0.4, 0.5) is 0 Å². The Morgan fingerprint density at radius 3 is 2.50 bits per heavy atom. The van der Waals surface area contributed by atoms with Crippen LogP contribution in [0.2, 0.25) is 0 Å². The zero-order chi connectivity index (χ0) is 21.7. The highest BCUT2D eigenvalue weighted by Gasteiger charge is 2.24. The second-order valence-electron chi connectivity index (χ2n) is 7.80. The molecule has 1 fully saturated rings. The summed E-state index contributed by atoms with van der Waals surface area (Å²) >= 11 is 0. The van der Waals surface area contributed by atoms with E-state index in [0.717, 1.165) is 29.0 Å². The maximum absolute atomic E-state index is 12.4. The smallest absolute Gasteiger partial charge is 0.223 e. The Labute approximate surface area is 177 Å². The molecule has 0 aliphatic carbocycles. The second-order valence-corrected chi connectivity index (χ2v) is 7.80. The summed E-state index contributed by atoms with van der Waals surface area (Å²) < 4.78 is 11.6. The molecule has 1 aromatic carbocycles. The van der Waals surface area contributed by atoms with Gasteiger partial charge in [0.05, 0.1) is 6.61 Å². The van der Waals surface area contributed by atoms with Crippen molar-refractivity contribution in [2.75, 3.05) is 32.8 Å². The van der Waals surface area contributed by atoms with Gasteiger partial charge in [0, 0.05) is 70.0 Å². The molecule has 8 heteroatoms. The largest absolute Gasteiger partial charge is 0.494 e. The summed E-state index contributed by atoms with van der Waals surface area (Å²) in [7, 11) is 0. The van der Waals surface area contributed by atoms with Crippen molar-refractivity contribution < 1.29 is 23.9 Å². The van der Waals surface area contributed by atoms with Gasteiger partial charge in [0.15, 0.2) is 0 Å². The van der Waals surface area contributed by atoms with Crippen molar-refractivity contribution in [3.63, 3.8) is 0 Å². The Bertz CT molecular complexity index is 802. The van der Waals surface area contributed by atoms with E-state index in [1.54, 1.807) is 9.80 Å². The lowest BCUT2D eigenvalue weighted by atomic mass is 10.1. The molecular weight excluding hydrogens is 386 g/mol. The molecule has 8 nitrogen and oxygen atoms in total. The fraction of sp³-hybridized carbons (Fsp3) is 0.591. The Morgan fingerprint density at radius 1 is 1.13 bits per heavy atom. The predicted octanol–water partition coefficient (Wildman–Crippen LogP) is 1.50. The number of nitrogens with zero attached hydrogens (tertiary/aromatic N) is 2. The zero-order valence-electron chi connectivity index (χ0n) is 18.0. The van der Waals surface area contributed by atoms with Gasteiger partial charge in [-0.25, -0.2) is 0 Å². The number of carbonyl (C=O) groups is 3. The number of carbonyl (C=O) groups excluding carboxylic acids is 3. The van der Waals surface area contributed by atoms with Gasteiger partial charge in [0.1, 0.15) is 17.6 Å². The van der Waals surface area contributed by atoms with Crippen molar-refractivity contribution in [1.29, 1.82) is 0 Å². The van der Waals surface area contributed by atoms with Gasteiger partial charge in [-0.05, 0) is 26.0 Å². The molecule has 1 saturated heterocycles. The van der Waals surface area contributed by atoms with Crippen molar-refractivity contribution in [3.8, 4) is 11.5 Å². The van der Waals surface area contributed by atoms with Gasteiger partial charge in [-0.15, -0.1) is 0 Å². The molecule has 0 aromatic heterocycles. The third kappa shape index (κ3) is 5.43. The monoisotopic (exact) mass is 417 g/mol. The Balaban J connectivity index is 1.47. The minimum Gasteiger partial charge on any atom is -0.494 e. The summed E-state index contributed by atoms with van der Waals surface area (Å²) in [6.07, 6.45) is 1.29. The SMILES string of the molecule is CCOc1cc2c(cc1CNC(=O)CCC(=O)N1CCN(C(C)=O)CC1)O[C@@H](C)C2. The lowest BCUT2D eigenvalue weighted by Crippen LogP contribution is -2.50. The van der Waals surface area contributed by atoms with Crippen molar-refractivity contribution in [1.82, 2.24) is 15.1 Å².